The van der Waals surface area contributed by atoms with E-state index in [4.69, 9.17) is 5.73 Å². The maximum atomic E-state index is 12.5. The van der Waals surface area contributed by atoms with Crippen LogP contribution in [0.3, 0.4) is 0 Å². The van der Waals surface area contributed by atoms with Gasteiger partial charge in [0.25, 0.3) is 0 Å². The molecule has 122 valence electrons. The number of rotatable bonds is 5. The van der Waals surface area contributed by atoms with Gasteiger partial charge in [0.15, 0.2) is 0 Å². The van der Waals surface area contributed by atoms with Crippen LogP contribution in [0.25, 0.3) is 0 Å². The average molecular weight is 305 g/mol. The summed E-state index contributed by atoms with van der Waals surface area (Å²) in [5.74, 6) is -0.0203. The summed E-state index contributed by atoms with van der Waals surface area (Å²) >= 11 is 0. The van der Waals surface area contributed by atoms with Crippen molar-refractivity contribution in [1.82, 2.24) is 4.90 Å². The van der Waals surface area contributed by atoms with Crippen LogP contribution in [0.15, 0.2) is 18.2 Å². The first-order valence-electron chi connectivity index (χ1n) is 8.06. The molecular weight excluding hydrogens is 278 g/mol. The number of nitrogens with zero attached hydrogens (tertiary/aromatic N) is 1. The number of hydrogen-bond acceptors (Lipinski definition) is 4. The first-order valence-corrected chi connectivity index (χ1v) is 8.06. The summed E-state index contributed by atoms with van der Waals surface area (Å²) in [5, 5.41) is 12.2. The van der Waals surface area contributed by atoms with Gasteiger partial charge in [-0.05, 0) is 57.4 Å². The lowest BCUT2D eigenvalue weighted by Gasteiger charge is -2.39. The molecule has 0 bridgehead atoms. The molecular formula is C17H27N3O2. The molecule has 22 heavy (non-hydrogen) atoms. The number of anilines is 2. The second kappa shape index (κ2) is 7.61. The number of likely N-dealkylation sites (tertiary alicyclic amines) is 1. The Kier molecular flexibility index (Phi) is 5.80. The highest BCUT2D eigenvalue weighted by molar-refractivity contribution is 5.95. The Labute approximate surface area is 132 Å². The van der Waals surface area contributed by atoms with Crippen LogP contribution in [-0.4, -0.2) is 41.1 Å². The standard InChI is InChI=1S/C17H27N3O2/c1-12-6-7-14(11-16(12)18)19-17(22)13(2)20-9-4-3-5-15(20)8-10-21/h6-7,11,13,15,21H,3-5,8-10,18H2,1-2H3,(H,19,22). The van der Waals surface area contributed by atoms with Gasteiger partial charge in [0.05, 0.1) is 6.04 Å². The highest BCUT2D eigenvalue weighted by Gasteiger charge is 2.29. The lowest BCUT2D eigenvalue weighted by Crippen LogP contribution is -2.50. The van der Waals surface area contributed by atoms with Gasteiger partial charge < -0.3 is 16.2 Å². The quantitative estimate of drug-likeness (QED) is 0.728. The Balaban J connectivity index is 2.02. The molecule has 1 saturated heterocycles. The zero-order valence-electron chi connectivity index (χ0n) is 13.5. The summed E-state index contributed by atoms with van der Waals surface area (Å²) in [5.41, 5.74) is 8.31. The zero-order chi connectivity index (χ0) is 16.1. The Hall–Kier alpha value is -1.59. The van der Waals surface area contributed by atoms with E-state index in [0.29, 0.717) is 11.7 Å². The molecule has 1 fully saturated rings. The topological polar surface area (TPSA) is 78.6 Å². The van der Waals surface area contributed by atoms with Crippen molar-refractivity contribution in [1.29, 1.82) is 0 Å². The van der Waals surface area contributed by atoms with Crippen molar-refractivity contribution in [3.05, 3.63) is 23.8 Å². The van der Waals surface area contributed by atoms with Crippen LogP contribution in [0.1, 0.15) is 38.2 Å². The summed E-state index contributed by atoms with van der Waals surface area (Å²) in [6.07, 6.45) is 4.06. The van der Waals surface area contributed by atoms with E-state index < -0.39 is 0 Å². The van der Waals surface area contributed by atoms with Crippen LogP contribution in [0.5, 0.6) is 0 Å². The van der Waals surface area contributed by atoms with Crippen LogP contribution in [0.4, 0.5) is 11.4 Å². The van der Waals surface area contributed by atoms with Gasteiger partial charge in [0.1, 0.15) is 0 Å². The molecule has 0 aromatic heterocycles. The molecule has 2 rings (SSSR count). The second-order valence-electron chi connectivity index (χ2n) is 6.14. The van der Waals surface area contributed by atoms with Crippen molar-refractivity contribution in [2.24, 2.45) is 0 Å². The maximum absolute atomic E-state index is 12.5. The van der Waals surface area contributed by atoms with Crippen molar-refractivity contribution < 1.29 is 9.90 Å². The Morgan fingerprint density at radius 1 is 1.50 bits per heavy atom. The maximum Gasteiger partial charge on any atom is 0.241 e. The fourth-order valence-electron chi connectivity index (χ4n) is 3.11. The number of benzene rings is 1. The minimum Gasteiger partial charge on any atom is -0.398 e. The minimum atomic E-state index is -0.209. The van der Waals surface area contributed by atoms with Gasteiger partial charge >= 0.3 is 0 Å². The van der Waals surface area contributed by atoms with Gasteiger partial charge in [-0.2, -0.15) is 0 Å². The molecule has 1 aromatic rings. The summed E-state index contributed by atoms with van der Waals surface area (Å²) in [4.78, 5) is 14.7. The van der Waals surface area contributed by atoms with E-state index in [0.717, 1.165) is 37.1 Å². The predicted octanol–water partition coefficient (Wildman–Crippen LogP) is 2.14. The summed E-state index contributed by atoms with van der Waals surface area (Å²) in [6, 6.07) is 5.66. The third kappa shape index (κ3) is 3.99. The lowest BCUT2D eigenvalue weighted by atomic mass is 9.97. The number of nitrogens with one attached hydrogen (secondary N) is 1. The molecule has 4 N–H and O–H groups in total. The van der Waals surface area contributed by atoms with E-state index in [2.05, 4.69) is 10.2 Å². The fourth-order valence-corrected chi connectivity index (χ4v) is 3.11. The summed E-state index contributed by atoms with van der Waals surface area (Å²) < 4.78 is 0. The Bertz CT molecular complexity index is 517. The van der Waals surface area contributed by atoms with Crippen LogP contribution >= 0.6 is 0 Å². The van der Waals surface area contributed by atoms with Crippen molar-refractivity contribution >= 4 is 17.3 Å². The van der Waals surface area contributed by atoms with E-state index in [9.17, 15) is 9.90 Å². The van der Waals surface area contributed by atoms with E-state index in [-0.39, 0.29) is 18.6 Å². The van der Waals surface area contributed by atoms with Gasteiger partial charge in [-0.1, -0.05) is 12.5 Å². The molecule has 1 amide bonds. The van der Waals surface area contributed by atoms with E-state index in [1.807, 2.05) is 26.0 Å². The number of aliphatic hydroxyl groups excluding tert-OH is 1. The number of hydrogen-bond donors (Lipinski definition) is 3. The number of amides is 1. The molecule has 0 spiro atoms. The van der Waals surface area contributed by atoms with Crippen molar-refractivity contribution in [3.8, 4) is 0 Å². The Morgan fingerprint density at radius 2 is 2.27 bits per heavy atom. The molecule has 1 aliphatic rings. The lowest BCUT2D eigenvalue weighted by molar-refractivity contribution is -0.122. The van der Waals surface area contributed by atoms with Gasteiger partial charge in [0.2, 0.25) is 5.91 Å². The van der Waals surface area contributed by atoms with E-state index >= 15 is 0 Å². The molecule has 2 unspecified atom stereocenters. The second-order valence-corrected chi connectivity index (χ2v) is 6.14. The monoisotopic (exact) mass is 305 g/mol. The van der Waals surface area contributed by atoms with Gasteiger partial charge in [-0.15, -0.1) is 0 Å². The number of piperidine rings is 1. The molecule has 0 aliphatic carbocycles. The normalized spacial score (nSPS) is 20.6. The highest BCUT2D eigenvalue weighted by atomic mass is 16.3. The first-order chi connectivity index (χ1) is 10.5. The molecule has 1 aromatic carbocycles. The largest absolute Gasteiger partial charge is 0.398 e. The highest BCUT2D eigenvalue weighted by Crippen LogP contribution is 2.23. The molecule has 0 radical (unpaired) electrons. The van der Waals surface area contributed by atoms with E-state index in [1.54, 1.807) is 6.07 Å². The van der Waals surface area contributed by atoms with Crippen molar-refractivity contribution in [3.63, 3.8) is 0 Å². The average Bonchev–Trinajstić information content (AvgIpc) is 2.51. The zero-order valence-corrected chi connectivity index (χ0v) is 13.5. The van der Waals surface area contributed by atoms with Gasteiger partial charge in [0, 0.05) is 24.0 Å². The molecule has 5 heteroatoms. The number of aliphatic hydroxyl groups is 1. The first kappa shape index (κ1) is 16.8. The SMILES string of the molecule is Cc1ccc(NC(=O)C(C)N2CCCCC2CCO)cc1N. The minimum absolute atomic E-state index is 0.0203. The predicted molar refractivity (Wildman–Crippen MR) is 89.7 cm³/mol. The smallest absolute Gasteiger partial charge is 0.241 e. The van der Waals surface area contributed by atoms with Crippen LogP contribution in [0.2, 0.25) is 0 Å². The number of carbonyl (C=O) groups excluding carboxylic acids is 1. The summed E-state index contributed by atoms with van der Waals surface area (Å²) in [6.45, 7) is 4.96. The molecule has 5 nitrogen and oxygen atoms in total. The van der Waals surface area contributed by atoms with Crippen LogP contribution < -0.4 is 11.1 Å². The van der Waals surface area contributed by atoms with Crippen molar-refractivity contribution in [2.45, 2.75) is 51.6 Å². The Morgan fingerprint density at radius 3 is 2.95 bits per heavy atom. The fraction of sp³-hybridized carbons (Fsp3) is 0.588. The molecule has 2 atom stereocenters. The number of carbonyl (C=O) groups is 1. The molecule has 1 aliphatic heterocycles. The third-order valence-electron chi connectivity index (χ3n) is 4.56. The van der Waals surface area contributed by atoms with E-state index in [1.165, 1.54) is 6.42 Å². The van der Waals surface area contributed by atoms with Gasteiger partial charge in [-0.3, -0.25) is 9.69 Å². The molecule has 1 heterocycles. The molecule has 0 saturated carbocycles. The summed E-state index contributed by atoms with van der Waals surface area (Å²) in [7, 11) is 0. The van der Waals surface area contributed by atoms with Crippen molar-refractivity contribution in [2.75, 3.05) is 24.2 Å². The third-order valence-corrected chi connectivity index (χ3v) is 4.56. The van der Waals surface area contributed by atoms with Crippen LogP contribution in [-0.2, 0) is 4.79 Å². The number of nitrogen functional groups attached to an aromatic ring is 1. The van der Waals surface area contributed by atoms with Crippen LogP contribution in [0, 0.1) is 6.92 Å². The number of aryl methyl sites for hydroxylation is 1. The van der Waals surface area contributed by atoms with Gasteiger partial charge in [-0.25, -0.2) is 0 Å². The number of nitrogens with two attached hydrogens (primary N) is 1.